The van der Waals surface area contributed by atoms with Crippen LogP contribution in [0.1, 0.15) is 124 Å². The van der Waals surface area contributed by atoms with E-state index in [1.54, 1.807) is 0 Å². The first-order valence-electron chi connectivity index (χ1n) is 11.3. The summed E-state index contributed by atoms with van der Waals surface area (Å²) in [4.78, 5) is 0. The van der Waals surface area contributed by atoms with Crippen LogP contribution in [-0.2, 0) is 0 Å². The van der Waals surface area contributed by atoms with Crippen molar-refractivity contribution in [2.75, 3.05) is 19.6 Å². The fourth-order valence-electron chi connectivity index (χ4n) is 3.52. The molecule has 2 nitrogen and oxygen atoms in total. The van der Waals surface area contributed by atoms with Crippen LogP contribution in [0.15, 0.2) is 0 Å². The summed E-state index contributed by atoms with van der Waals surface area (Å²) >= 11 is 0. The number of unbranched alkanes of at least 4 members (excludes halogenated alkanes) is 13. The zero-order chi connectivity index (χ0) is 17.9. The Morgan fingerprint density at radius 1 is 0.417 bits per heavy atom. The fourth-order valence-corrected chi connectivity index (χ4v) is 3.52. The second-order valence-corrected chi connectivity index (χ2v) is 7.83. The number of hydroxylamine groups is 3. The van der Waals surface area contributed by atoms with Gasteiger partial charge in [0.2, 0.25) is 0 Å². The van der Waals surface area contributed by atoms with Crippen LogP contribution in [0.2, 0.25) is 0 Å². The first-order chi connectivity index (χ1) is 11.7. The summed E-state index contributed by atoms with van der Waals surface area (Å²) in [7, 11) is 0. The predicted molar refractivity (Wildman–Crippen MR) is 109 cm³/mol. The van der Waals surface area contributed by atoms with E-state index in [1.165, 1.54) is 83.5 Å². The number of hydrogen-bond acceptors (Lipinski definition) is 1. The largest absolute Gasteiger partial charge is 0.633 e. The van der Waals surface area contributed by atoms with Crippen LogP contribution >= 0.6 is 0 Å². The van der Waals surface area contributed by atoms with Crippen molar-refractivity contribution in [3.05, 3.63) is 5.21 Å². The van der Waals surface area contributed by atoms with Gasteiger partial charge in [0.25, 0.3) is 0 Å². The van der Waals surface area contributed by atoms with Crippen LogP contribution in [-0.4, -0.2) is 24.3 Å². The summed E-state index contributed by atoms with van der Waals surface area (Å²) < 4.78 is 0.0943. The molecule has 0 aromatic carbocycles. The Morgan fingerprint density at radius 2 is 0.667 bits per heavy atom. The van der Waals surface area contributed by atoms with E-state index in [1.807, 2.05) is 0 Å². The third-order valence-electron chi connectivity index (χ3n) is 5.26. The van der Waals surface area contributed by atoms with Crippen LogP contribution in [0.5, 0.6) is 0 Å². The molecule has 0 N–H and O–H groups in total. The molecule has 0 heterocycles. The lowest BCUT2D eigenvalue weighted by molar-refractivity contribution is -0.881. The minimum absolute atomic E-state index is 0.0943. The van der Waals surface area contributed by atoms with Crippen molar-refractivity contribution in [1.29, 1.82) is 0 Å². The molecule has 0 bridgehead atoms. The highest BCUT2D eigenvalue weighted by atomic mass is 16.5. The van der Waals surface area contributed by atoms with Crippen molar-refractivity contribution >= 4 is 0 Å². The van der Waals surface area contributed by atoms with Crippen LogP contribution in [0.25, 0.3) is 0 Å². The van der Waals surface area contributed by atoms with Crippen molar-refractivity contribution in [2.24, 2.45) is 0 Å². The monoisotopic (exact) mass is 341 g/mol. The molecule has 0 saturated carbocycles. The predicted octanol–water partition coefficient (Wildman–Crippen LogP) is 7.60. The Bertz CT molecular complexity index is 232. The molecular weight excluding hydrogens is 294 g/mol. The number of nitrogens with zero attached hydrogens (tertiary/aromatic N) is 1. The van der Waals surface area contributed by atoms with E-state index in [9.17, 15) is 5.21 Å². The zero-order valence-corrected chi connectivity index (χ0v) is 17.3. The van der Waals surface area contributed by atoms with Gasteiger partial charge in [-0.3, -0.25) is 0 Å². The molecule has 0 aromatic rings. The minimum atomic E-state index is 0.0943. The lowest BCUT2D eigenvalue weighted by Gasteiger charge is -2.43. The Labute approximate surface area is 153 Å². The number of hydrogen-bond donors (Lipinski definition) is 0. The van der Waals surface area contributed by atoms with E-state index in [-0.39, 0.29) is 4.65 Å². The van der Waals surface area contributed by atoms with E-state index in [4.69, 9.17) is 0 Å². The van der Waals surface area contributed by atoms with Crippen molar-refractivity contribution in [3.63, 3.8) is 0 Å². The molecule has 146 valence electrons. The second-order valence-electron chi connectivity index (χ2n) is 7.83. The third kappa shape index (κ3) is 15.4. The van der Waals surface area contributed by atoms with Gasteiger partial charge in [0.1, 0.15) is 0 Å². The molecule has 0 radical (unpaired) electrons. The van der Waals surface area contributed by atoms with Crippen LogP contribution in [0.3, 0.4) is 0 Å². The van der Waals surface area contributed by atoms with Crippen LogP contribution in [0, 0.1) is 5.21 Å². The Kier molecular flexibility index (Phi) is 17.7. The molecule has 0 aliphatic heterocycles. The van der Waals surface area contributed by atoms with Gasteiger partial charge in [-0.1, -0.05) is 85.0 Å². The molecule has 0 aliphatic rings. The average Bonchev–Trinajstić information content (AvgIpc) is 2.57. The molecule has 24 heavy (non-hydrogen) atoms. The molecule has 0 fully saturated rings. The van der Waals surface area contributed by atoms with E-state index in [0.717, 1.165) is 38.9 Å². The van der Waals surface area contributed by atoms with E-state index >= 15 is 0 Å². The van der Waals surface area contributed by atoms with E-state index < -0.39 is 0 Å². The van der Waals surface area contributed by atoms with E-state index in [2.05, 4.69) is 20.8 Å². The van der Waals surface area contributed by atoms with Gasteiger partial charge >= 0.3 is 0 Å². The Hall–Kier alpha value is -0.0800. The summed E-state index contributed by atoms with van der Waals surface area (Å²) in [6.07, 6.45) is 20.6. The summed E-state index contributed by atoms with van der Waals surface area (Å²) in [5.74, 6) is 0. The lowest BCUT2D eigenvalue weighted by atomic mass is 10.1. The van der Waals surface area contributed by atoms with Gasteiger partial charge in [-0.25, -0.2) is 0 Å². The molecule has 0 amide bonds. The van der Waals surface area contributed by atoms with Gasteiger partial charge in [0.05, 0.1) is 19.6 Å². The minimum Gasteiger partial charge on any atom is -0.633 e. The Balaban J connectivity index is 3.72. The zero-order valence-electron chi connectivity index (χ0n) is 17.3. The van der Waals surface area contributed by atoms with Gasteiger partial charge < -0.3 is 9.85 Å². The normalized spacial score (nSPS) is 12.0. The standard InChI is InChI=1S/C22H47NO/c1-4-7-10-11-12-13-14-15-16-19-22-23(24,20-17-8-5-2)21-18-9-6-3/h4-22H2,1-3H3. The van der Waals surface area contributed by atoms with Gasteiger partial charge in [-0.2, -0.15) is 0 Å². The first kappa shape index (κ1) is 23.9. The van der Waals surface area contributed by atoms with Crippen molar-refractivity contribution in [3.8, 4) is 0 Å². The fraction of sp³-hybridized carbons (Fsp3) is 1.00. The molecular formula is C22H47NO. The summed E-state index contributed by atoms with van der Waals surface area (Å²) in [6, 6.07) is 0. The highest BCUT2D eigenvalue weighted by Crippen LogP contribution is 2.16. The molecule has 0 aliphatic carbocycles. The number of quaternary nitrogens is 1. The summed E-state index contributed by atoms with van der Waals surface area (Å²) in [5, 5.41) is 13.0. The maximum atomic E-state index is 13.0. The van der Waals surface area contributed by atoms with E-state index in [0.29, 0.717) is 0 Å². The number of rotatable bonds is 19. The summed E-state index contributed by atoms with van der Waals surface area (Å²) in [6.45, 7) is 9.30. The highest BCUT2D eigenvalue weighted by Gasteiger charge is 2.15. The average molecular weight is 342 g/mol. The topological polar surface area (TPSA) is 23.1 Å². The molecule has 0 rings (SSSR count). The molecule has 0 spiro atoms. The summed E-state index contributed by atoms with van der Waals surface area (Å²) in [5.41, 5.74) is 0. The third-order valence-corrected chi connectivity index (χ3v) is 5.26. The highest BCUT2D eigenvalue weighted by molar-refractivity contribution is 4.52. The van der Waals surface area contributed by atoms with Crippen LogP contribution in [0.4, 0.5) is 0 Å². The molecule has 0 saturated heterocycles. The molecule has 0 unspecified atom stereocenters. The van der Waals surface area contributed by atoms with Crippen molar-refractivity contribution in [1.82, 2.24) is 0 Å². The maximum Gasteiger partial charge on any atom is 0.0783 e. The molecule has 0 aromatic heterocycles. The molecule has 0 atom stereocenters. The van der Waals surface area contributed by atoms with Crippen LogP contribution < -0.4 is 0 Å². The first-order valence-corrected chi connectivity index (χ1v) is 11.3. The van der Waals surface area contributed by atoms with Gasteiger partial charge in [-0.05, 0) is 38.5 Å². The van der Waals surface area contributed by atoms with Crippen molar-refractivity contribution < 1.29 is 4.65 Å². The smallest absolute Gasteiger partial charge is 0.0783 e. The SMILES string of the molecule is CCCCCCCCCCCC[N+]([O-])(CCCCC)CCCCC. The van der Waals surface area contributed by atoms with Gasteiger partial charge in [-0.15, -0.1) is 0 Å². The lowest BCUT2D eigenvalue weighted by Crippen LogP contribution is -2.44. The molecule has 2 heteroatoms. The second kappa shape index (κ2) is 17.7. The van der Waals surface area contributed by atoms with Gasteiger partial charge in [0, 0.05) is 0 Å². The Morgan fingerprint density at radius 3 is 1.04 bits per heavy atom. The van der Waals surface area contributed by atoms with Gasteiger partial charge in [0.15, 0.2) is 0 Å². The quantitative estimate of drug-likeness (QED) is 0.135. The van der Waals surface area contributed by atoms with Crippen molar-refractivity contribution in [2.45, 2.75) is 124 Å². The maximum absolute atomic E-state index is 13.0.